The molecule has 0 saturated carbocycles. The van der Waals surface area contributed by atoms with Crippen LogP contribution in [0.25, 0.3) is 5.57 Å². The van der Waals surface area contributed by atoms with Crippen molar-refractivity contribution in [3.8, 4) is 5.75 Å². The summed E-state index contributed by atoms with van der Waals surface area (Å²) in [5.41, 5.74) is 2.52. The summed E-state index contributed by atoms with van der Waals surface area (Å²) in [5.74, 6) is 2.10. The van der Waals surface area contributed by atoms with Crippen molar-refractivity contribution in [2.75, 3.05) is 20.2 Å². The molecule has 90 valence electrons. The van der Waals surface area contributed by atoms with E-state index in [1.54, 1.807) is 7.11 Å². The lowest BCUT2D eigenvalue weighted by Crippen LogP contribution is -2.09. The third kappa shape index (κ3) is 1.94. The Labute approximate surface area is 106 Å². The highest BCUT2D eigenvalue weighted by Crippen LogP contribution is 2.39. The predicted octanol–water partition coefficient (Wildman–Crippen LogP) is 2.37. The standard InChI is InChI=1S/C13H15ClN2O/c1-17-12-4-11(7-16-13(12)14)8-2-9-5-15-6-10(9)3-8/h2,4,7,9-10,15H,3,5-6H2,1H3/t9-,10+/m1/s1. The molecule has 17 heavy (non-hydrogen) atoms. The van der Waals surface area contributed by atoms with E-state index in [4.69, 9.17) is 16.3 Å². The van der Waals surface area contributed by atoms with Crippen molar-refractivity contribution in [3.05, 3.63) is 29.1 Å². The Hall–Kier alpha value is -1.06. The monoisotopic (exact) mass is 250 g/mol. The van der Waals surface area contributed by atoms with E-state index in [0.29, 0.717) is 16.8 Å². The first-order chi connectivity index (χ1) is 8.28. The number of pyridine rings is 1. The van der Waals surface area contributed by atoms with Crippen molar-refractivity contribution >= 4 is 17.2 Å². The molecule has 1 aliphatic heterocycles. The number of nitrogens with one attached hydrogen (secondary N) is 1. The summed E-state index contributed by atoms with van der Waals surface area (Å²) in [7, 11) is 1.62. The van der Waals surface area contributed by atoms with Crippen LogP contribution in [0, 0.1) is 11.8 Å². The lowest BCUT2D eigenvalue weighted by molar-refractivity contribution is 0.413. The first kappa shape index (κ1) is 11.1. The predicted molar refractivity (Wildman–Crippen MR) is 68.2 cm³/mol. The lowest BCUT2D eigenvalue weighted by atomic mass is 9.99. The topological polar surface area (TPSA) is 34.1 Å². The number of methoxy groups -OCH3 is 1. The van der Waals surface area contributed by atoms with E-state index in [1.807, 2.05) is 12.3 Å². The summed E-state index contributed by atoms with van der Waals surface area (Å²) in [4.78, 5) is 4.17. The summed E-state index contributed by atoms with van der Waals surface area (Å²) in [5, 5.41) is 3.85. The van der Waals surface area contributed by atoms with E-state index in [0.717, 1.165) is 31.0 Å². The van der Waals surface area contributed by atoms with Gasteiger partial charge in [-0.25, -0.2) is 4.98 Å². The van der Waals surface area contributed by atoms with Gasteiger partial charge in [0.15, 0.2) is 10.9 Å². The molecule has 1 aromatic rings. The number of nitrogens with zero attached hydrogens (tertiary/aromatic N) is 1. The van der Waals surface area contributed by atoms with Crippen LogP contribution in [0.1, 0.15) is 12.0 Å². The van der Waals surface area contributed by atoms with Gasteiger partial charge in [-0.1, -0.05) is 17.7 Å². The van der Waals surface area contributed by atoms with Crippen LogP contribution < -0.4 is 10.1 Å². The molecule has 3 nitrogen and oxygen atoms in total. The van der Waals surface area contributed by atoms with Gasteiger partial charge in [0.05, 0.1) is 7.11 Å². The number of hydrogen-bond acceptors (Lipinski definition) is 3. The highest BCUT2D eigenvalue weighted by Gasteiger charge is 2.32. The van der Waals surface area contributed by atoms with Crippen molar-refractivity contribution < 1.29 is 4.74 Å². The molecule has 2 atom stereocenters. The van der Waals surface area contributed by atoms with Crippen LogP contribution in [-0.2, 0) is 0 Å². The van der Waals surface area contributed by atoms with E-state index in [9.17, 15) is 0 Å². The Bertz CT molecular complexity index is 472. The molecule has 3 rings (SSSR count). The average Bonchev–Trinajstić information content (AvgIpc) is 2.90. The molecule has 2 heterocycles. The van der Waals surface area contributed by atoms with Crippen molar-refractivity contribution in [3.63, 3.8) is 0 Å². The summed E-state index contributed by atoms with van der Waals surface area (Å²) < 4.78 is 5.21. The fourth-order valence-electron chi connectivity index (χ4n) is 2.74. The number of ether oxygens (including phenoxy) is 1. The van der Waals surface area contributed by atoms with Gasteiger partial charge in [0, 0.05) is 12.7 Å². The van der Waals surface area contributed by atoms with Crippen LogP contribution in [0.3, 0.4) is 0 Å². The van der Waals surface area contributed by atoms with Crippen LogP contribution in [-0.4, -0.2) is 25.2 Å². The highest BCUT2D eigenvalue weighted by atomic mass is 35.5. The van der Waals surface area contributed by atoms with Gasteiger partial charge in [-0.3, -0.25) is 0 Å². The Kier molecular flexibility index (Phi) is 2.81. The summed E-state index contributed by atoms with van der Waals surface area (Å²) in [6.45, 7) is 2.23. The lowest BCUT2D eigenvalue weighted by Gasteiger charge is -2.08. The van der Waals surface area contributed by atoms with Crippen LogP contribution in [0.5, 0.6) is 5.75 Å². The summed E-state index contributed by atoms with van der Waals surface area (Å²) in [6.07, 6.45) is 5.34. The van der Waals surface area contributed by atoms with Crippen LogP contribution in [0.2, 0.25) is 5.15 Å². The summed E-state index contributed by atoms with van der Waals surface area (Å²) >= 11 is 5.93. The van der Waals surface area contributed by atoms with Gasteiger partial charge >= 0.3 is 0 Å². The molecule has 1 saturated heterocycles. The largest absolute Gasteiger partial charge is 0.494 e. The third-order valence-electron chi connectivity index (χ3n) is 3.69. The van der Waals surface area contributed by atoms with Crippen molar-refractivity contribution in [2.45, 2.75) is 6.42 Å². The minimum Gasteiger partial charge on any atom is -0.494 e. The summed E-state index contributed by atoms with van der Waals surface area (Å²) in [6, 6.07) is 1.98. The second-order valence-corrected chi connectivity index (χ2v) is 5.05. The van der Waals surface area contributed by atoms with Gasteiger partial charge in [-0.05, 0) is 42.0 Å². The maximum atomic E-state index is 5.93. The molecular formula is C13H15ClN2O. The van der Waals surface area contributed by atoms with Crippen molar-refractivity contribution in [2.24, 2.45) is 11.8 Å². The Morgan fingerprint density at radius 1 is 1.47 bits per heavy atom. The molecule has 1 aromatic heterocycles. The number of fused-ring (bicyclic) bond motifs is 1. The Morgan fingerprint density at radius 3 is 3.12 bits per heavy atom. The maximum Gasteiger partial charge on any atom is 0.171 e. The van der Waals surface area contributed by atoms with E-state index in [1.165, 1.54) is 5.57 Å². The second kappa shape index (κ2) is 4.31. The molecule has 1 aliphatic carbocycles. The van der Waals surface area contributed by atoms with E-state index in [2.05, 4.69) is 16.4 Å². The quantitative estimate of drug-likeness (QED) is 0.819. The number of hydrogen-bond donors (Lipinski definition) is 1. The van der Waals surface area contributed by atoms with Gasteiger partial charge < -0.3 is 10.1 Å². The van der Waals surface area contributed by atoms with Gasteiger partial charge in [0.1, 0.15) is 0 Å². The maximum absolute atomic E-state index is 5.93. The van der Waals surface area contributed by atoms with Gasteiger partial charge in [-0.2, -0.15) is 0 Å². The molecule has 2 aliphatic rings. The average molecular weight is 251 g/mol. The molecule has 0 amide bonds. The van der Waals surface area contributed by atoms with Gasteiger partial charge in [0.2, 0.25) is 0 Å². The molecule has 4 heteroatoms. The molecule has 0 unspecified atom stereocenters. The van der Waals surface area contributed by atoms with Gasteiger partial charge in [-0.15, -0.1) is 0 Å². The molecule has 1 fully saturated rings. The molecular weight excluding hydrogens is 236 g/mol. The zero-order chi connectivity index (χ0) is 11.8. The zero-order valence-corrected chi connectivity index (χ0v) is 10.5. The third-order valence-corrected chi connectivity index (χ3v) is 3.97. The van der Waals surface area contributed by atoms with Gasteiger partial charge in [0.25, 0.3) is 0 Å². The number of aromatic nitrogens is 1. The first-order valence-corrected chi connectivity index (χ1v) is 6.27. The van der Waals surface area contributed by atoms with E-state index in [-0.39, 0.29) is 0 Å². The minimum absolute atomic E-state index is 0.428. The van der Waals surface area contributed by atoms with Crippen LogP contribution in [0.15, 0.2) is 18.3 Å². The molecule has 0 bridgehead atoms. The van der Waals surface area contributed by atoms with Crippen molar-refractivity contribution in [1.82, 2.24) is 10.3 Å². The Balaban J connectivity index is 1.90. The molecule has 0 aromatic carbocycles. The normalized spacial score (nSPS) is 26.8. The van der Waals surface area contributed by atoms with E-state index >= 15 is 0 Å². The minimum atomic E-state index is 0.428. The van der Waals surface area contributed by atoms with Crippen molar-refractivity contribution in [1.29, 1.82) is 0 Å². The molecule has 0 spiro atoms. The van der Waals surface area contributed by atoms with E-state index < -0.39 is 0 Å². The smallest absolute Gasteiger partial charge is 0.171 e. The second-order valence-electron chi connectivity index (χ2n) is 4.70. The van der Waals surface area contributed by atoms with Crippen LogP contribution >= 0.6 is 11.6 Å². The first-order valence-electron chi connectivity index (χ1n) is 5.89. The van der Waals surface area contributed by atoms with Crippen LogP contribution in [0.4, 0.5) is 0 Å². The highest BCUT2D eigenvalue weighted by molar-refractivity contribution is 6.30. The number of rotatable bonds is 2. The Morgan fingerprint density at radius 2 is 2.35 bits per heavy atom. The SMILES string of the molecule is COc1cc(C2=C[C@@H]3CNC[C@@H]3C2)cnc1Cl. The zero-order valence-electron chi connectivity index (χ0n) is 9.74. The fraction of sp³-hybridized carbons (Fsp3) is 0.462. The number of allylic oxidation sites excluding steroid dienone is 1. The molecule has 1 N–H and O–H groups in total. The fourth-order valence-corrected chi connectivity index (χ4v) is 2.92. The number of halogens is 1. The molecule has 0 radical (unpaired) electrons.